The Balaban J connectivity index is 1.39. The van der Waals surface area contributed by atoms with Crippen LogP contribution < -0.4 is 9.80 Å². The zero-order valence-electron chi connectivity index (χ0n) is 15.1. The van der Waals surface area contributed by atoms with Crippen LogP contribution in [0, 0.1) is 13.8 Å². The van der Waals surface area contributed by atoms with Crippen molar-refractivity contribution in [3.05, 3.63) is 30.2 Å². The molecule has 1 saturated carbocycles. The fraction of sp³-hybridized carbons (Fsp3) is 0.500. The van der Waals surface area contributed by atoms with Gasteiger partial charge >= 0.3 is 0 Å². The Bertz CT molecular complexity index is 953. The minimum atomic E-state index is 0.573. The Hall–Kier alpha value is -2.77. The van der Waals surface area contributed by atoms with Crippen molar-refractivity contribution < 1.29 is 0 Å². The molecule has 26 heavy (non-hydrogen) atoms. The second-order valence-corrected chi connectivity index (χ2v) is 7.13. The first-order valence-electron chi connectivity index (χ1n) is 9.18. The van der Waals surface area contributed by atoms with Crippen LogP contribution in [0.15, 0.2) is 19.0 Å². The number of rotatable bonds is 3. The molecule has 0 radical (unpaired) electrons. The number of imidazole rings is 1. The fourth-order valence-corrected chi connectivity index (χ4v) is 3.67. The van der Waals surface area contributed by atoms with E-state index in [2.05, 4.69) is 46.2 Å². The van der Waals surface area contributed by atoms with Gasteiger partial charge in [0.05, 0.1) is 6.33 Å². The summed E-state index contributed by atoms with van der Waals surface area (Å²) in [5.74, 6) is 1.99. The number of aryl methyl sites for hydroxylation is 1. The average Bonchev–Trinajstić information content (AvgIpc) is 3.42. The summed E-state index contributed by atoms with van der Waals surface area (Å²) in [6, 6.07) is 0.573. The minimum Gasteiger partial charge on any atom is -0.353 e. The first-order valence-corrected chi connectivity index (χ1v) is 9.18. The van der Waals surface area contributed by atoms with Gasteiger partial charge in [-0.25, -0.2) is 24.9 Å². The SMILES string of the molecule is Cc1ncnc(N2CCN(c3ncnc4c3ncn4C3CC3)CC2)c1C. The smallest absolute Gasteiger partial charge is 0.165 e. The zero-order valence-corrected chi connectivity index (χ0v) is 15.1. The molecule has 2 aliphatic rings. The summed E-state index contributed by atoms with van der Waals surface area (Å²) in [6.45, 7) is 7.73. The number of nitrogens with zero attached hydrogens (tertiary/aromatic N) is 8. The highest BCUT2D eigenvalue weighted by atomic mass is 15.3. The Morgan fingerprint density at radius 2 is 1.46 bits per heavy atom. The maximum atomic E-state index is 4.62. The van der Waals surface area contributed by atoms with Gasteiger partial charge in [-0.2, -0.15) is 0 Å². The summed E-state index contributed by atoms with van der Waals surface area (Å²) in [5.41, 5.74) is 4.08. The molecule has 8 heteroatoms. The molecule has 0 unspecified atom stereocenters. The number of anilines is 2. The number of hydrogen-bond donors (Lipinski definition) is 0. The lowest BCUT2D eigenvalue weighted by Gasteiger charge is -2.36. The van der Waals surface area contributed by atoms with Crippen molar-refractivity contribution in [2.45, 2.75) is 32.7 Å². The summed E-state index contributed by atoms with van der Waals surface area (Å²) in [6.07, 6.45) is 7.69. The number of hydrogen-bond acceptors (Lipinski definition) is 7. The van der Waals surface area contributed by atoms with Crippen LogP contribution in [-0.4, -0.2) is 55.7 Å². The highest BCUT2D eigenvalue weighted by molar-refractivity contribution is 5.83. The van der Waals surface area contributed by atoms with Gasteiger partial charge in [0.15, 0.2) is 17.0 Å². The van der Waals surface area contributed by atoms with E-state index in [0.717, 1.165) is 60.2 Å². The van der Waals surface area contributed by atoms with Crippen molar-refractivity contribution >= 4 is 22.8 Å². The van der Waals surface area contributed by atoms with Crippen molar-refractivity contribution in [1.29, 1.82) is 0 Å². The van der Waals surface area contributed by atoms with Gasteiger partial charge in [-0.15, -0.1) is 0 Å². The van der Waals surface area contributed by atoms with Crippen molar-refractivity contribution in [3.63, 3.8) is 0 Å². The molecule has 0 aromatic carbocycles. The van der Waals surface area contributed by atoms with Gasteiger partial charge in [0, 0.05) is 43.5 Å². The molecule has 3 aromatic heterocycles. The van der Waals surface area contributed by atoms with Crippen LogP contribution in [0.4, 0.5) is 11.6 Å². The topological polar surface area (TPSA) is 75.9 Å². The molecule has 3 aromatic rings. The van der Waals surface area contributed by atoms with E-state index < -0.39 is 0 Å². The molecular formula is C18H22N8. The molecule has 0 N–H and O–H groups in total. The van der Waals surface area contributed by atoms with E-state index in [0.29, 0.717) is 6.04 Å². The van der Waals surface area contributed by atoms with E-state index >= 15 is 0 Å². The van der Waals surface area contributed by atoms with E-state index in [-0.39, 0.29) is 0 Å². The third-order valence-corrected chi connectivity index (χ3v) is 5.47. The Labute approximate surface area is 151 Å². The Kier molecular flexibility index (Phi) is 3.51. The van der Waals surface area contributed by atoms with E-state index in [4.69, 9.17) is 0 Å². The predicted octanol–water partition coefficient (Wildman–Crippen LogP) is 1.89. The fourth-order valence-electron chi connectivity index (χ4n) is 3.67. The van der Waals surface area contributed by atoms with Crippen LogP contribution in [0.2, 0.25) is 0 Å². The maximum absolute atomic E-state index is 4.62. The van der Waals surface area contributed by atoms with Crippen molar-refractivity contribution in [3.8, 4) is 0 Å². The summed E-state index contributed by atoms with van der Waals surface area (Å²) >= 11 is 0. The van der Waals surface area contributed by atoms with Gasteiger partial charge in [-0.05, 0) is 26.7 Å². The summed E-state index contributed by atoms with van der Waals surface area (Å²) in [4.78, 5) is 27.1. The van der Waals surface area contributed by atoms with Crippen LogP contribution in [0.1, 0.15) is 30.1 Å². The molecule has 0 spiro atoms. The Morgan fingerprint density at radius 3 is 2.19 bits per heavy atom. The molecule has 1 saturated heterocycles. The van der Waals surface area contributed by atoms with Crippen LogP contribution in [-0.2, 0) is 0 Å². The molecule has 0 bridgehead atoms. The summed E-state index contributed by atoms with van der Waals surface area (Å²) in [7, 11) is 0. The molecule has 134 valence electrons. The van der Waals surface area contributed by atoms with Gasteiger partial charge in [-0.3, -0.25) is 0 Å². The van der Waals surface area contributed by atoms with Crippen LogP contribution >= 0.6 is 0 Å². The molecule has 0 atom stereocenters. The van der Waals surface area contributed by atoms with Crippen LogP contribution in [0.25, 0.3) is 11.2 Å². The molecule has 2 fully saturated rings. The molecule has 1 aliphatic carbocycles. The minimum absolute atomic E-state index is 0.573. The number of aromatic nitrogens is 6. The van der Waals surface area contributed by atoms with Gasteiger partial charge in [0.2, 0.25) is 0 Å². The highest BCUT2D eigenvalue weighted by Crippen LogP contribution is 2.37. The largest absolute Gasteiger partial charge is 0.353 e. The normalized spacial score (nSPS) is 17.9. The average molecular weight is 350 g/mol. The van der Waals surface area contributed by atoms with Gasteiger partial charge in [-0.1, -0.05) is 0 Å². The second kappa shape index (κ2) is 5.89. The molecule has 0 amide bonds. The first-order chi connectivity index (χ1) is 12.7. The van der Waals surface area contributed by atoms with E-state index in [9.17, 15) is 0 Å². The summed E-state index contributed by atoms with van der Waals surface area (Å²) in [5, 5.41) is 0. The maximum Gasteiger partial charge on any atom is 0.165 e. The lowest BCUT2D eigenvalue weighted by Crippen LogP contribution is -2.47. The van der Waals surface area contributed by atoms with Crippen LogP contribution in [0.5, 0.6) is 0 Å². The number of fused-ring (bicyclic) bond motifs is 1. The third-order valence-electron chi connectivity index (χ3n) is 5.47. The zero-order chi connectivity index (χ0) is 17.7. The lowest BCUT2D eigenvalue weighted by atomic mass is 10.2. The van der Waals surface area contributed by atoms with Crippen LogP contribution in [0.3, 0.4) is 0 Å². The predicted molar refractivity (Wildman–Crippen MR) is 99.5 cm³/mol. The van der Waals surface area contributed by atoms with E-state index in [1.54, 1.807) is 12.7 Å². The molecule has 1 aliphatic heterocycles. The van der Waals surface area contributed by atoms with Crippen molar-refractivity contribution in [2.75, 3.05) is 36.0 Å². The quantitative estimate of drug-likeness (QED) is 0.714. The molecule has 8 nitrogen and oxygen atoms in total. The standard InChI is InChI=1S/C18H22N8/c1-12-13(2)19-9-20-16(12)24-5-7-25(8-6-24)17-15-18(22-10-21-17)26(11-23-15)14-3-4-14/h9-11,14H,3-8H2,1-2H3. The molecule has 4 heterocycles. The van der Waals surface area contributed by atoms with Crippen molar-refractivity contribution in [1.82, 2.24) is 29.5 Å². The lowest BCUT2D eigenvalue weighted by molar-refractivity contribution is 0.639. The Morgan fingerprint density at radius 1 is 0.808 bits per heavy atom. The van der Waals surface area contributed by atoms with Gasteiger partial charge < -0.3 is 14.4 Å². The molecule has 5 rings (SSSR count). The van der Waals surface area contributed by atoms with E-state index in [1.807, 2.05) is 13.3 Å². The van der Waals surface area contributed by atoms with Gasteiger partial charge in [0.25, 0.3) is 0 Å². The highest BCUT2D eigenvalue weighted by Gasteiger charge is 2.28. The summed E-state index contributed by atoms with van der Waals surface area (Å²) < 4.78 is 2.20. The number of piperazine rings is 1. The monoisotopic (exact) mass is 350 g/mol. The first kappa shape index (κ1) is 15.5. The van der Waals surface area contributed by atoms with Crippen molar-refractivity contribution in [2.24, 2.45) is 0 Å². The second-order valence-electron chi connectivity index (χ2n) is 7.13. The van der Waals surface area contributed by atoms with Gasteiger partial charge in [0.1, 0.15) is 18.5 Å². The van der Waals surface area contributed by atoms with E-state index in [1.165, 1.54) is 12.8 Å². The molecular weight excluding hydrogens is 328 g/mol. The third kappa shape index (κ3) is 2.48.